The van der Waals surface area contributed by atoms with Crippen molar-refractivity contribution in [1.82, 2.24) is 10.2 Å². The van der Waals surface area contributed by atoms with E-state index in [1.54, 1.807) is 4.90 Å². The molecule has 0 saturated heterocycles. The fourth-order valence-electron chi connectivity index (χ4n) is 2.62. The van der Waals surface area contributed by atoms with Gasteiger partial charge in [-0.3, -0.25) is 14.5 Å². The number of carbonyl (C=O) groups excluding carboxylic acids is 2. The second-order valence-corrected chi connectivity index (χ2v) is 8.83. The van der Waals surface area contributed by atoms with E-state index >= 15 is 0 Å². The minimum atomic E-state index is -0.161. The second-order valence-electron chi connectivity index (χ2n) is 6.25. The van der Waals surface area contributed by atoms with Crippen LogP contribution in [0.5, 0.6) is 0 Å². The number of nitrogens with zero attached hydrogens (tertiary/aromatic N) is 3. The molecule has 3 rings (SSSR count). The summed E-state index contributed by atoms with van der Waals surface area (Å²) in [4.78, 5) is 25.7. The summed E-state index contributed by atoms with van der Waals surface area (Å²) < 4.78 is 0.661. The summed E-state index contributed by atoms with van der Waals surface area (Å²) in [5.41, 5.74) is 2.61. The van der Waals surface area contributed by atoms with Crippen LogP contribution in [0.4, 0.5) is 10.8 Å². The summed E-state index contributed by atoms with van der Waals surface area (Å²) in [6, 6.07) is 4.04. The van der Waals surface area contributed by atoms with Crippen LogP contribution in [-0.4, -0.2) is 33.8 Å². The fourth-order valence-corrected chi connectivity index (χ4v) is 4.74. The molecule has 0 radical (unpaired) electrons. The number of aryl methyl sites for hydroxylation is 2. The average Bonchev–Trinajstić information content (AvgIpc) is 3.26. The average molecular weight is 411 g/mol. The lowest BCUT2D eigenvalue weighted by molar-refractivity contribution is -0.116. The maximum atomic E-state index is 12.2. The van der Waals surface area contributed by atoms with Crippen LogP contribution in [0.15, 0.2) is 16.5 Å². The van der Waals surface area contributed by atoms with E-state index in [4.69, 9.17) is 11.6 Å². The largest absolute Gasteiger partial charge is 0.324 e. The summed E-state index contributed by atoms with van der Waals surface area (Å²) in [5, 5.41) is 12.2. The highest BCUT2D eigenvalue weighted by Gasteiger charge is 2.34. The van der Waals surface area contributed by atoms with Gasteiger partial charge in [-0.05, 0) is 43.9 Å². The lowest BCUT2D eigenvalue weighted by atomic mass is 10.1. The van der Waals surface area contributed by atoms with Gasteiger partial charge < -0.3 is 5.32 Å². The van der Waals surface area contributed by atoms with Gasteiger partial charge in [0.2, 0.25) is 16.9 Å². The molecule has 26 heavy (non-hydrogen) atoms. The third-order valence-corrected chi connectivity index (χ3v) is 6.23. The number of halogens is 1. The van der Waals surface area contributed by atoms with Gasteiger partial charge in [0.25, 0.3) is 0 Å². The summed E-state index contributed by atoms with van der Waals surface area (Å²) >= 11 is 8.85. The molecule has 9 heteroatoms. The molecule has 1 heterocycles. The van der Waals surface area contributed by atoms with Crippen molar-refractivity contribution >= 4 is 57.3 Å². The number of thioether (sulfide) groups is 1. The first kappa shape index (κ1) is 19.1. The molecule has 0 unspecified atom stereocenters. The highest BCUT2D eigenvalue weighted by Crippen LogP contribution is 2.36. The van der Waals surface area contributed by atoms with Gasteiger partial charge in [-0.1, -0.05) is 40.8 Å². The zero-order valence-electron chi connectivity index (χ0n) is 14.7. The van der Waals surface area contributed by atoms with Crippen LogP contribution in [0, 0.1) is 13.8 Å². The molecule has 1 saturated carbocycles. The Labute approximate surface area is 165 Å². The molecule has 0 aliphatic heterocycles. The number of hydrogen-bond donors (Lipinski definition) is 1. The van der Waals surface area contributed by atoms with Gasteiger partial charge in [-0.15, -0.1) is 10.2 Å². The summed E-state index contributed by atoms with van der Waals surface area (Å²) in [5.74, 6) is 0.00977. The van der Waals surface area contributed by atoms with Crippen molar-refractivity contribution in [3.63, 3.8) is 0 Å². The Morgan fingerprint density at radius 3 is 2.69 bits per heavy atom. The Morgan fingerprint density at radius 2 is 2.08 bits per heavy atom. The fraction of sp³-hybridized carbons (Fsp3) is 0.412. The molecule has 1 N–H and O–H groups in total. The number of aromatic nitrogens is 2. The predicted octanol–water partition coefficient (Wildman–Crippen LogP) is 4.05. The lowest BCUT2D eigenvalue weighted by Crippen LogP contribution is -2.30. The van der Waals surface area contributed by atoms with Crippen LogP contribution in [0.2, 0.25) is 5.02 Å². The van der Waals surface area contributed by atoms with E-state index in [9.17, 15) is 9.59 Å². The van der Waals surface area contributed by atoms with Crippen LogP contribution in [0.1, 0.15) is 30.9 Å². The zero-order valence-corrected chi connectivity index (χ0v) is 17.1. The third-order valence-electron chi connectivity index (χ3n) is 3.88. The van der Waals surface area contributed by atoms with Crippen molar-refractivity contribution in [2.24, 2.45) is 0 Å². The second kappa shape index (κ2) is 7.94. The summed E-state index contributed by atoms with van der Waals surface area (Å²) in [7, 11) is 0. The van der Waals surface area contributed by atoms with E-state index in [-0.39, 0.29) is 23.6 Å². The van der Waals surface area contributed by atoms with Gasteiger partial charge in [0, 0.05) is 13.0 Å². The van der Waals surface area contributed by atoms with Gasteiger partial charge in [0.1, 0.15) is 0 Å². The number of amides is 2. The first-order valence-corrected chi connectivity index (χ1v) is 10.4. The quantitative estimate of drug-likeness (QED) is 0.574. The first-order chi connectivity index (χ1) is 12.3. The van der Waals surface area contributed by atoms with Crippen molar-refractivity contribution in [3.05, 3.63) is 28.3 Å². The minimum Gasteiger partial charge on any atom is -0.324 e. The Morgan fingerprint density at radius 1 is 1.35 bits per heavy atom. The van der Waals surface area contributed by atoms with E-state index < -0.39 is 0 Å². The van der Waals surface area contributed by atoms with E-state index in [1.165, 1.54) is 30.0 Å². The Hall–Kier alpha value is -1.64. The third kappa shape index (κ3) is 4.55. The molecule has 1 aromatic heterocycles. The molecular weight excluding hydrogens is 392 g/mol. The lowest BCUT2D eigenvalue weighted by Gasteiger charge is -2.15. The molecule has 2 aromatic rings. The van der Waals surface area contributed by atoms with E-state index in [2.05, 4.69) is 15.5 Å². The van der Waals surface area contributed by atoms with Crippen molar-refractivity contribution in [3.8, 4) is 0 Å². The van der Waals surface area contributed by atoms with Gasteiger partial charge >= 0.3 is 0 Å². The maximum Gasteiger partial charge on any atom is 0.234 e. The van der Waals surface area contributed by atoms with Crippen molar-refractivity contribution < 1.29 is 9.59 Å². The highest BCUT2D eigenvalue weighted by molar-refractivity contribution is 8.01. The van der Waals surface area contributed by atoms with Crippen molar-refractivity contribution in [2.45, 2.75) is 44.0 Å². The molecule has 0 spiro atoms. The molecule has 2 amide bonds. The van der Waals surface area contributed by atoms with Crippen molar-refractivity contribution in [1.29, 1.82) is 0 Å². The van der Waals surface area contributed by atoms with Crippen LogP contribution in [-0.2, 0) is 9.59 Å². The van der Waals surface area contributed by atoms with Gasteiger partial charge in [0.15, 0.2) is 4.34 Å². The van der Waals surface area contributed by atoms with E-state index in [0.29, 0.717) is 20.2 Å². The molecule has 1 fully saturated rings. The molecule has 0 bridgehead atoms. The molecule has 0 atom stereocenters. The summed E-state index contributed by atoms with van der Waals surface area (Å²) in [6.45, 7) is 5.40. The van der Waals surface area contributed by atoms with Crippen LogP contribution in [0.3, 0.4) is 0 Å². The molecular formula is C17H19ClN4O2S2. The zero-order chi connectivity index (χ0) is 18.8. The Bertz CT molecular complexity index is 828. The van der Waals surface area contributed by atoms with E-state index in [1.807, 2.05) is 26.0 Å². The van der Waals surface area contributed by atoms with E-state index in [0.717, 1.165) is 24.0 Å². The van der Waals surface area contributed by atoms with Crippen LogP contribution >= 0.6 is 34.7 Å². The number of anilines is 2. The first-order valence-electron chi connectivity index (χ1n) is 8.18. The van der Waals surface area contributed by atoms with Gasteiger partial charge in [-0.25, -0.2) is 0 Å². The monoisotopic (exact) mass is 410 g/mol. The van der Waals surface area contributed by atoms with Crippen LogP contribution in [0.25, 0.3) is 0 Å². The number of hydrogen-bond acceptors (Lipinski definition) is 6. The molecule has 1 aliphatic carbocycles. The van der Waals surface area contributed by atoms with Gasteiger partial charge in [-0.2, -0.15) is 0 Å². The normalized spacial score (nSPS) is 13.5. The minimum absolute atomic E-state index is 0.0255. The number of rotatable bonds is 6. The predicted molar refractivity (Wildman–Crippen MR) is 106 cm³/mol. The maximum absolute atomic E-state index is 12.2. The number of benzene rings is 1. The van der Waals surface area contributed by atoms with Crippen LogP contribution < -0.4 is 10.2 Å². The van der Waals surface area contributed by atoms with Gasteiger partial charge in [0.05, 0.1) is 16.5 Å². The standard InChI is InChI=1S/C17H19ClN4O2S2/c1-9-6-10(2)15(13(18)7-9)19-14(24)8-25-17-21-20-16(26-17)22(11(3)23)12-4-5-12/h6-7,12H,4-5,8H2,1-3H3,(H,19,24). The van der Waals surface area contributed by atoms with Crippen molar-refractivity contribution in [2.75, 3.05) is 16.0 Å². The SMILES string of the molecule is CC(=O)N(c1nnc(SCC(=O)Nc2c(C)cc(C)cc2Cl)s1)C1CC1. The summed E-state index contributed by atoms with van der Waals surface area (Å²) in [6.07, 6.45) is 2.00. The Kier molecular flexibility index (Phi) is 5.84. The number of carbonyl (C=O) groups is 2. The molecule has 1 aliphatic rings. The number of nitrogens with one attached hydrogen (secondary N) is 1. The topological polar surface area (TPSA) is 75.2 Å². The smallest absolute Gasteiger partial charge is 0.234 e. The molecule has 138 valence electrons. The highest BCUT2D eigenvalue weighted by atomic mass is 35.5. The molecule has 6 nitrogen and oxygen atoms in total. The Balaban J connectivity index is 1.59. The molecule has 1 aromatic carbocycles.